The molecule has 4 nitrogen and oxygen atoms in total. The van der Waals surface area contributed by atoms with E-state index in [0.29, 0.717) is 12.1 Å². The van der Waals surface area contributed by atoms with Crippen molar-refractivity contribution in [3.63, 3.8) is 0 Å². The maximum atomic E-state index is 7.97. The molecular weight excluding hydrogens is 214 g/mol. The topological polar surface area (TPSA) is 39.6 Å². The summed E-state index contributed by atoms with van der Waals surface area (Å²) in [5.41, 5.74) is 0. The zero-order chi connectivity index (χ0) is 11.7. The molecule has 2 atom stereocenters. The Kier molecular flexibility index (Phi) is 3.34. The highest BCUT2D eigenvalue weighted by Gasteiger charge is 2.33. The van der Waals surface area contributed by atoms with Crippen molar-refractivity contribution in [2.75, 3.05) is 32.8 Å². The highest BCUT2D eigenvalue weighted by atomic mass is 16.5. The summed E-state index contributed by atoms with van der Waals surface area (Å²) in [5.74, 6) is 0.823. The van der Waals surface area contributed by atoms with Crippen LogP contribution in [-0.2, 0) is 4.74 Å². The molecule has 3 aliphatic rings. The maximum Gasteiger partial charge on any atom is 0.0958 e. The summed E-state index contributed by atoms with van der Waals surface area (Å²) >= 11 is 0. The number of fused-ring (bicyclic) bond motifs is 1. The summed E-state index contributed by atoms with van der Waals surface area (Å²) in [6.45, 7) is 5.23. The van der Waals surface area contributed by atoms with Crippen LogP contribution in [0.5, 0.6) is 0 Å². The zero-order valence-corrected chi connectivity index (χ0v) is 10.5. The van der Waals surface area contributed by atoms with Gasteiger partial charge in [-0.05, 0) is 32.2 Å². The number of nitrogens with one attached hydrogen (secondary N) is 1. The van der Waals surface area contributed by atoms with E-state index in [1.165, 1.54) is 32.2 Å². The summed E-state index contributed by atoms with van der Waals surface area (Å²) in [5, 5.41) is 7.97. The fraction of sp³-hybridized carbons (Fsp3) is 0.923. The van der Waals surface area contributed by atoms with Crippen LogP contribution in [0, 0.1) is 5.41 Å². The normalized spacial score (nSPS) is 35.1. The predicted octanol–water partition coefficient (Wildman–Crippen LogP) is 1.31. The molecule has 2 unspecified atom stereocenters. The van der Waals surface area contributed by atoms with Gasteiger partial charge < -0.3 is 9.64 Å². The third-order valence-corrected chi connectivity index (χ3v) is 4.36. The van der Waals surface area contributed by atoms with Crippen molar-refractivity contribution in [2.24, 2.45) is 0 Å². The van der Waals surface area contributed by atoms with Gasteiger partial charge in [-0.1, -0.05) is 0 Å². The quantitative estimate of drug-likeness (QED) is 0.787. The summed E-state index contributed by atoms with van der Waals surface area (Å²) in [7, 11) is 0. The molecule has 0 aromatic rings. The number of morpholine rings is 1. The lowest BCUT2D eigenvalue weighted by molar-refractivity contribution is -0.0557. The average molecular weight is 237 g/mol. The number of hydrogen-bond donors (Lipinski definition) is 1. The SMILES string of the molecule is N=C1CCCCN1CC1CN2CCCC2CO1. The van der Waals surface area contributed by atoms with Crippen molar-refractivity contribution in [1.29, 1.82) is 5.41 Å². The summed E-state index contributed by atoms with van der Waals surface area (Å²) in [6, 6.07) is 0.687. The molecule has 0 radical (unpaired) electrons. The van der Waals surface area contributed by atoms with Gasteiger partial charge in [0.2, 0.25) is 0 Å². The van der Waals surface area contributed by atoms with Crippen LogP contribution in [-0.4, -0.2) is 60.6 Å². The van der Waals surface area contributed by atoms with Gasteiger partial charge in [0.1, 0.15) is 0 Å². The average Bonchev–Trinajstić information content (AvgIpc) is 2.79. The highest BCUT2D eigenvalue weighted by Crippen LogP contribution is 2.23. The highest BCUT2D eigenvalue weighted by molar-refractivity contribution is 5.79. The van der Waals surface area contributed by atoms with E-state index >= 15 is 0 Å². The van der Waals surface area contributed by atoms with Crippen LogP contribution in [0.25, 0.3) is 0 Å². The number of hydrogen-bond acceptors (Lipinski definition) is 3. The minimum absolute atomic E-state index is 0.322. The van der Waals surface area contributed by atoms with E-state index < -0.39 is 0 Å². The van der Waals surface area contributed by atoms with Crippen LogP contribution in [0.15, 0.2) is 0 Å². The van der Waals surface area contributed by atoms with Crippen LogP contribution in [0.4, 0.5) is 0 Å². The van der Waals surface area contributed by atoms with Gasteiger partial charge in [0.05, 0.1) is 18.5 Å². The molecule has 3 aliphatic heterocycles. The van der Waals surface area contributed by atoms with Crippen molar-refractivity contribution in [2.45, 2.75) is 44.2 Å². The molecule has 3 fully saturated rings. The van der Waals surface area contributed by atoms with Gasteiger partial charge in [-0.15, -0.1) is 0 Å². The number of piperidine rings is 1. The molecule has 3 heterocycles. The van der Waals surface area contributed by atoms with E-state index in [1.54, 1.807) is 0 Å². The Morgan fingerprint density at radius 2 is 2.18 bits per heavy atom. The Morgan fingerprint density at radius 3 is 3.06 bits per heavy atom. The van der Waals surface area contributed by atoms with E-state index in [-0.39, 0.29) is 0 Å². The van der Waals surface area contributed by atoms with Crippen LogP contribution < -0.4 is 0 Å². The Balaban J connectivity index is 1.53. The summed E-state index contributed by atoms with van der Waals surface area (Å²) in [6.07, 6.45) is 6.35. The van der Waals surface area contributed by atoms with Crippen LogP contribution in [0.1, 0.15) is 32.1 Å². The lowest BCUT2D eigenvalue weighted by Crippen LogP contribution is -2.51. The molecule has 3 saturated heterocycles. The fourth-order valence-electron chi connectivity index (χ4n) is 3.33. The number of amidine groups is 1. The van der Waals surface area contributed by atoms with Crippen molar-refractivity contribution < 1.29 is 4.74 Å². The molecule has 0 bridgehead atoms. The molecular formula is C13H23N3O. The molecule has 0 spiro atoms. The molecule has 0 aromatic carbocycles. The van der Waals surface area contributed by atoms with Gasteiger partial charge in [-0.3, -0.25) is 10.3 Å². The molecule has 96 valence electrons. The molecule has 0 aromatic heterocycles. The fourth-order valence-corrected chi connectivity index (χ4v) is 3.33. The van der Waals surface area contributed by atoms with Crippen LogP contribution >= 0.6 is 0 Å². The van der Waals surface area contributed by atoms with Crippen molar-refractivity contribution >= 4 is 5.84 Å². The smallest absolute Gasteiger partial charge is 0.0958 e. The minimum Gasteiger partial charge on any atom is -0.373 e. The third kappa shape index (κ3) is 2.47. The Bertz CT molecular complexity index is 294. The molecule has 0 aliphatic carbocycles. The number of ether oxygens (including phenoxy) is 1. The molecule has 0 saturated carbocycles. The van der Waals surface area contributed by atoms with Gasteiger partial charge in [0.15, 0.2) is 0 Å². The second kappa shape index (κ2) is 4.94. The minimum atomic E-state index is 0.322. The largest absolute Gasteiger partial charge is 0.373 e. The van der Waals surface area contributed by atoms with Crippen molar-refractivity contribution in [3.8, 4) is 0 Å². The van der Waals surface area contributed by atoms with Gasteiger partial charge in [-0.2, -0.15) is 0 Å². The standard InChI is InChI=1S/C13H23N3O/c14-13-5-1-2-6-16(13)9-12-8-15-7-3-4-11(15)10-17-12/h11-12,14H,1-10H2. The van der Waals surface area contributed by atoms with Gasteiger partial charge in [0.25, 0.3) is 0 Å². The van der Waals surface area contributed by atoms with Gasteiger partial charge >= 0.3 is 0 Å². The molecule has 0 amide bonds. The summed E-state index contributed by atoms with van der Waals surface area (Å²) < 4.78 is 5.96. The second-order valence-corrected chi connectivity index (χ2v) is 5.60. The monoisotopic (exact) mass is 237 g/mol. The Morgan fingerprint density at radius 1 is 1.24 bits per heavy atom. The lowest BCUT2D eigenvalue weighted by atomic mass is 10.1. The Labute approximate surface area is 103 Å². The summed E-state index contributed by atoms with van der Waals surface area (Å²) in [4.78, 5) is 4.81. The predicted molar refractivity (Wildman–Crippen MR) is 67.5 cm³/mol. The van der Waals surface area contributed by atoms with E-state index in [1.807, 2.05) is 0 Å². The van der Waals surface area contributed by atoms with Gasteiger partial charge in [-0.25, -0.2) is 0 Å². The van der Waals surface area contributed by atoms with Crippen molar-refractivity contribution in [1.82, 2.24) is 9.80 Å². The maximum absolute atomic E-state index is 7.97. The number of likely N-dealkylation sites (tertiary alicyclic amines) is 1. The molecule has 17 heavy (non-hydrogen) atoms. The number of rotatable bonds is 2. The van der Waals surface area contributed by atoms with Crippen LogP contribution in [0.2, 0.25) is 0 Å². The number of nitrogens with zero attached hydrogens (tertiary/aromatic N) is 2. The second-order valence-electron chi connectivity index (χ2n) is 5.60. The van der Waals surface area contributed by atoms with E-state index in [9.17, 15) is 0 Å². The molecule has 4 heteroatoms. The zero-order valence-electron chi connectivity index (χ0n) is 10.5. The first-order chi connectivity index (χ1) is 8.33. The third-order valence-electron chi connectivity index (χ3n) is 4.36. The first-order valence-electron chi connectivity index (χ1n) is 7.01. The van der Waals surface area contributed by atoms with Crippen LogP contribution in [0.3, 0.4) is 0 Å². The Hall–Kier alpha value is -0.610. The molecule has 1 N–H and O–H groups in total. The van der Waals surface area contributed by atoms with E-state index in [2.05, 4.69) is 9.80 Å². The first kappa shape index (κ1) is 11.5. The lowest BCUT2D eigenvalue weighted by Gasteiger charge is -2.39. The van der Waals surface area contributed by atoms with E-state index in [4.69, 9.17) is 10.1 Å². The van der Waals surface area contributed by atoms with E-state index in [0.717, 1.165) is 38.5 Å². The first-order valence-corrected chi connectivity index (χ1v) is 7.01. The molecule has 3 rings (SSSR count). The van der Waals surface area contributed by atoms with Gasteiger partial charge in [0, 0.05) is 32.1 Å². The van der Waals surface area contributed by atoms with Crippen molar-refractivity contribution in [3.05, 3.63) is 0 Å².